The number of anilines is 1. The highest BCUT2D eigenvalue weighted by molar-refractivity contribution is 6.04. The molecule has 166 valence electrons. The van der Waals surface area contributed by atoms with Gasteiger partial charge in [-0.3, -0.25) is 4.79 Å². The van der Waals surface area contributed by atoms with Crippen molar-refractivity contribution in [2.24, 2.45) is 0 Å². The fourth-order valence-corrected chi connectivity index (χ4v) is 2.69. The average molecular weight is 457 g/mol. The van der Waals surface area contributed by atoms with Crippen LogP contribution in [0, 0.1) is 17.1 Å². The van der Waals surface area contributed by atoms with Gasteiger partial charge in [-0.1, -0.05) is 0 Å². The zero-order chi connectivity index (χ0) is 23.8. The van der Waals surface area contributed by atoms with Gasteiger partial charge < -0.3 is 4.90 Å². The van der Waals surface area contributed by atoms with Crippen molar-refractivity contribution in [3.8, 4) is 11.9 Å². The minimum atomic E-state index is -5.28. The number of aromatic nitrogens is 3. The van der Waals surface area contributed by atoms with Crippen molar-refractivity contribution in [1.29, 1.82) is 5.26 Å². The Morgan fingerprint density at radius 2 is 1.69 bits per heavy atom. The van der Waals surface area contributed by atoms with Gasteiger partial charge in [0.15, 0.2) is 11.5 Å². The third kappa shape index (κ3) is 4.39. The number of alkyl halides is 6. The van der Waals surface area contributed by atoms with Crippen LogP contribution in [-0.4, -0.2) is 27.7 Å². The van der Waals surface area contributed by atoms with Crippen molar-refractivity contribution in [3.63, 3.8) is 0 Å². The third-order valence-corrected chi connectivity index (χ3v) is 4.25. The maximum Gasteiger partial charge on any atom is 0.433 e. The Balaban J connectivity index is 2.09. The molecule has 2 aromatic heterocycles. The second kappa shape index (κ2) is 7.95. The lowest BCUT2D eigenvalue weighted by Crippen LogP contribution is -2.26. The highest BCUT2D eigenvalue weighted by Gasteiger charge is 2.41. The molecule has 0 bridgehead atoms. The van der Waals surface area contributed by atoms with E-state index < -0.39 is 46.7 Å². The number of nitrogens with zero attached hydrogens (tertiary/aromatic N) is 5. The Bertz CT molecular complexity index is 1210. The minimum Gasteiger partial charge on any atom is -0.310 e. The van der Waals surface area contributed by atoms with Gasteiger partial charge in [-0.05, 0) is 36.4 Å². The Hall–Kier alpha value is -3.95. The first-order valence-corrected chi connectivity index (χ1v) is 8.52. The van der Waals surface area contributed by atoms with Gasteiger partial charge in [-0.2, -0.15) is 36.7 Å². The molecule has 0 aliphatic rings. The summed E-state index contributed by atoms with van der Waals surface area (Å²) < 4.78 is 92.8. The SMILES string of the molecule is CN(C(=O)c1ccn(-c2nc(C(F)(F)F)cc(C(F)(F)F)c2C#N)n1)c1ccc(F)cc1. The number of hydrogen-bond donors (Lipinski definition) is 0. The van der Waals surface area contributed by atoms with E-state index in [1.54, 1.807) is 0 Å². The Morgan fingerprint density at radius 1 is 1.06 bits per heavy atom. The molecule has 13 heteroatoms. The van der Waals surface area contributed by atoms with Crippen LogP contribution >= 0.6 is 0 Å². The Labute approximate surface area is 175 Å². The van der Waals surface area contributed by atoms with E-state index >= 15 is 0 Å². The normalized spacial score (nSPS) is 11.8. The number of rotatable bonds is 3. The van der Waals surface area contributed by atoms with Crippen molar-refractivity contribution < 1.29 is 35.5 Å². The van der Waals surface area contributed by atoms with E-state index in [0.29, 0.717) is 4.68 Å². The van der Waals surface area contributed by atoms with E-state index in [4.69, 9.17) is 0 Å². The first-order chi connectivity index (χ1) is 14.8. The molecule has 1 amide bonds. The molecule has 6 nitrogen and oxygen atoms in total. The summed E-state index contributed by atoms with van der Waals surface area (Å²) in [6.07, 6.45) is -9.62. The molecule has 0 unspecified atom stereocenters. The molecule has 0 saturated carbocycles. The molecule has 0 saturated heterocycles. The quantitative estimate of drug-likeness (QED) is 0.540. The first kappa shape index (κ1) is 22.7. The van der Waals surface area contributed by atoms with Crippen molar-refractivity contribution in [1.82, 2.24) is 14.8 Å². The first-order valence-electron chi connectivity index (χ1n) is 8.52. The predicted molar refractivity (Wildman–Crippen MR) is 95.2 cm³/mol. The molecule has 0 fully saturated rings. The average Bonchev–Trinajstić information content (AvgIpc) is 3.21. The molecular formula is C19H10F7N5O. The van der Waals surface area contributed by atoms with Gasteiger partial charge in [0, 0.05) is 18.9 Å². The van der Waals surface area contributed by atoms with Gasteiger partial charge in [0.1, 0.15) is 23.1 Å². The van der Waals surface area contributed by atoms with Gasteiger partial charge in [0.2, 0.25) is 0 Å². The smallest absolute Gasteiger partial charge is 0.310 e. The van der Waals surface area contributed by atoms with Crippen LogP contribution in [0.3, 0.4) is 0 Å². The van der Waals surface area contributed by atoms with Gasteiger partial charge in [0.25, 0.3) is 5.91 Å². The van der Waals surface area contributed by atoms with Crippen LogP contribution in [0.4, 0.5) is 36.4 Å². The Morgan fingerprint density at radius 3 is 2.22 bits per heavy atom. The van der Waals surface area contributed by atoms with Gasteiger partial charge in [0.05, 0.1) is 5.56 Å². The number of halogens is 7. The lowest BCUT2D eigenvalue weighted by atomic mass is 10.1. The second-order valence-electron chi connectivity index (χ2n) is 6.35. The van der Waals surface area contributed by atoms with Gasteiger partial charge >= 0.3 is 12.4 Å². The van der Waals surface area contributed by atoms with Crippen LogP contribution in [0.5, 0.6) is 0 Å². The van der Waals surface area contributed by atoms with Crippen molar-refractivity contribution in [2.75, 3.05) is 11.9 Å². The van der Waals surface area contributed by atoms with Crippen LogP contribution in [0.25, 0.3) is 5.82 Å². The van der Waals surface area contributed by atoms with Crippen LogP contribution in [0.1, 0.15) is 27.3 Å². The summed E-state index contributed by atoms with van der Waals surface area (Å²) in [6, 6.07) is 6.69. The summed E-state index contributed by atoms with van der Waals surface area (Å²) in [5.41, 5.74) is -5.04. The monoisotopic (exact) mass is 457 g/mol. The largest absolute Gasteiger partial charge is 0.433 e. The summed E-state index contributed by atoms with van der Waals surface area (Å²) >= 11 is 0. The lowest BCUT2D eigenvalue weighted by molar-refractivity contribution is -0.145. The van der Waals surface area contributed by atoms with E-state index in [2.05, 4.69) is 10.1 Å². The van der Waals surface area contributed by atoms with Crippen LogP contribution in [-0.2, 0) is 12.4 Å². The maximum absolute atomic E-state index is 13.3. The third-order valence-electron chi connectivity index (χ3n) is 4.25. The van der Waals surface area contributed by atoms with Gasteiger partial charge in [-0.25, -0.2) is 14.1 Å². The molecule has 3 aromatic rings. The second-order valence-corrected chi connectivity index (χ2v) is 6.35. The summed E-state index contributed by atoms with van der Waals surface area (Å²) in [5.74, 6) is -2.39. The summed E-state index contributed by atoms with van der Waals surface area (Å²) in [5, 5.41) is 12.9. The lowest BCUT2D eigenvalue weighted by Gasteiger charge is -2.16. The molecule has 0 aliphatic heterocycles. The Kier molecular flexibility index (Phi) is 5.65. The minimum absolute atomic E-state index is 0.250. The van der Waals surface area contributed by atoms with Crippen molar-refractivity contribution in [3.05, 3.63) is 70.9 Å². The predicted octanol–water partition coefficient (Wildman–Crippen LogP) is 4.59. The van der Waals surface area contributed by atoms with E-state index in [1.165, 1.54) is 25.2 Å². The summed E-state index contributed by atoms with van der Waals surface area (Å²) in [7, 11) is 1.31. The van der Waals surface area contributed by atoms with Gasteiger partial charge in [-0.15, -0.1) is 0 Å². The number of hydrogen-bond acceptors (Lipinski definition) is 4. The summed E-state index contributed by atoms with van der Waals surface area (Å²) in [4.78, 5) is 16.8. The van der Waals surface area contributed by atoms with E-state index in [-0.39, 0.29) is 17.4 Å². The topological polar surface area (TPSA) is 74.8 Å². The highest BCUT2D eigenvalue weighted by atomic mass is 19.4. The zero-order valence-corrected chi connectivity index (χ0v) is 15.8. The molecule has 2 heterocycles. The number of benzene rings is 1. The summed E-state index contributed by atoms with van der Waals surface area (Å²) in [6.45, 7) is 0. The number of nitriles is 1. The molecule has 0 spiro atoms. The molecular weight excluding hydrogens is 447 g/mol. The van der Waals surface area contributed by atoms with E-state index in [9.17, 15) is 40.8 Å². The van der Waals surface area contributed by atoms with Crippen molar-refractivity contribution >= 4 is 11.6 Å². The number of carbonyl (C=O) groups excluding carboxylic acids is 1. The number of pyridine rings is 1. The zero-order valence-electron chi connectivity index (χ0n) is 15.8. The number of amides is 1. The van der Waals surface area contributed by atoms with Crippen LogP contribution in [0.2, 0.25) is 0 Å². The standard InChI is InChI=1S/C19H10F7N5O/c1-30(11-4-2-10(20)3-5-11)17(32)14-6-7-31(29-14)16-12(9-27)13(18(21,22)23)8-15(28-16)19(24,25)26/h2-8H,1H3. The highest BCUT2D eigenvalue weighted by Crippen LogP contribution is 2.38. The fraction of sp³-hybridized carbons (Fsp3) is 0.158. The molecule has 0 atom stereocenters. The molecule has 0 radical (unpaired) electrons. The van der Waals surface area contributed by atoms with Crippen LogP contribution in [0.15, 0.2) is 42.6 Å². The maximum atomic E-state index is 13.3. The molecule has 0 aliphatic carbocycles. The molecule has 1 aromatic carbocycles. The molecule has 32 heavy (non-hydrogen) atoms. The van der Waals surface area contributed by atoms with Crippen LogP contribution < -0.4 is 4.90 Å². The fourth-order valence-electron chi connectivity index (χ4n) is 2.69. The van der Waals surface area contributed by atoms with E-state index in [0.717, 1.165) is 29.3 Å². The van der Waals surface area contributed by atoms with E-state index in [1.807, 2.05) is 0 Å². The number of carbonyl (C=O) groups is 1. The van der Waals surface area contributed by atoms with Crippen molar-refractivity contribution in [2.45, 2.75) is 12.4 Å². The molecule has 3 rings (SSSR count). The molecule has 0 N–H and O–H groups in total.